The van der Waals surface area contributed by atoms with E-state index < -0.39 is 5.97 Å². The highest BCUT2D eigenvalue weighted by Gasteiger charge is 2.08. The van der Waals surface area contributed by atoms with Gasteiger partial charge in [-0.1, -0.05) is 6.07 Å². The minimum absolute atomic E-state index is 0.212. The molecular formula is C12H16O5. The maximum absolute atomic E-state index is 11.5. The first-order valence-corrected chi connectivity index (χ1v) is 5.33. The van der Waals surface area contributed by atoms with Crippen LogP contribution in [0.3, 0.4) is 0 Å². The SMILES string of the molecule is CCOCCOOC(=O)c1cccc(OC)c1. The molecule has 5 nitrogen and oxygen atoms in total. The first kappa shape index (κ1) is 13.5. The van der Waals surface area contributed by atoms with E-state index in [0.29, 0.717) is 24.5 Å². The summed E-state index contributed by atoms with van der Waals surface area (Å²) in [6.07, 6.45) is 0. The first-order chi connectivity index (χ1) is 8.27. The number of ether oxygens (including phenoxy) is 2. The number of methoxy groups -OCH3 is 1. The van der Waals surface area contributed by atoms with Crippen LogP contribution in [0.2, 0.25) is 0 Å². The Morgan fingerprint density at radius 3 is 2.82 bits per heavy atom. The van der Waals surface area contributed by atoms with E-state index in [1.807, 2.05) is 6.92 Å². The van der Waals surface area contributed by atoms with Gasteiger partial charge in [-0.15, -0.1) is 0 Å². The van der Waals surface area contributed by atoms with Crippen LogP contribution in [0.1, 0.15) is 17.3 Å². The molecule has 17 heavy (non-hydrogen) atoms. The molecule has 5 heteroatoms. The molecule has 0 spiro atoms. The van der Waals surface area contributed by atoms with Crippen LogP contribution in [0.15, 0.2) is 24.3 Å². The second kappa shape index (κ2) is 7.65. The van der Waals surface area contributed by atoms with Gasteiger partial charge in [-0.05, 0) is 25.1 Å². The van der Waals surface area contributed by atoms with Gasteiger partial charge in [-0.3, -0.25) is 4.89 Å². The van der Waals surface area contributed by atoms with Crippen LogP contribution >= 0.6 is 0 Å². The smallest absolute Gasteiger partial charge is 0.373 e. The zero-order valence-corrected chi connectivity index (χ0v) is 9.97. The Morgan fingerprint density at radius 1 is 1.29 bits per heavy atom. The van der Waals surface area contributed by atoms with Crippen LogP contribution < -0.4 is 4.74 Å². The second-order valence-corrected chi connectivity index (χ2v) is 3.12. The fourth-order valence-corrected chi connectivity index (χ4v) is 1.13. The Hall–Kier alpha value is -1.59. The van der Waals surface area contributed by atoms with Gasteiger partial charge >= 0.3 is 5.97 Å². The highest BCUT2D eigenvalue weighted by molar-refractivity contribution is 5.89. The van der Waals surface area contributed by atoms with E-state index in [0.717, 1.165) is 0 Å². The number of carbonyl (C=O) groups excluding carboxylic acids is 1. The van der Waals surface area contributed by atoms with Crippen LogP contribution in [0.25, 0.3) is 0 Å². The fourth-order valence-electron chi connectivity index (χ4n) is 1.13. The van der Waals surface area contributed by atoms with Crippen molar-refractivity contribution < 1.29 is 24.0 Å². The van der Waals surface area contributed by atoms with Gasteiger partial charge in [0.1, 0.15) is 12.4 Å². The quantitative estimate of drug-likeness (QED) is 0.413. The van der Waals surface area contributed by atoms with Crippen LogP contribution in [-0.2, 0) is 14.5 Å². The van der Waals surface area contributed by atoms with Crippen molar-refractivity contribution >= 4 is 5.97 Å². The lowest BCUT2D eigenvalue weighted by atomic mass is 10.2. The van der Waals surface area contributed by atoms with Crippen molar-refractivity contribution in [1.29, 1.82) is 0 Å². The summed E-state index contributed by atoms with van der Waals surface area (Å²) in [7, 11) is 1.53. The van der Waals surface area contributed by atoms with Crippen LogP contribution in [0, 0.1) is 0 Å². The van der Waals surface area contributed by atoms with E-state index in [2.05, 4.69) is 4.89 Å². The lowest BCUT2D eigenvalue weighted by Crippen LogP contribution is -2.10. The van der Waals surface area contributed by atoms with E-state index >= 15 is 0 Å². The van der Waals surface area contributed by atoms with E-state index in [9.17, 15) is 4.79 Å². The summed E-state index contributed by atoms with van der Waals surface area (Å²) in [4.78, 5) is 20.8. The molecule has 0 N–H and O–H groups in total. The van der Waals surface area contributed by atoms with Gasteiger partial charge in [0.25, 0.3) is 0 Å². The van der Waals surface area contributed by atoms with Gasteiger partial charge in [-0.2, -0.15) is 4.89 Å². The van der Waals surface area contributed by atoms with E-state index in [4.69, 9.17) is 14.4 Å². The lowest BCUT2D eigenvalue weighted by Gasteiger charge is -2.05. The molecule has 0 amide bonds. The van der Waals surface area contributed by atoms with Gasteiger partial charge in [0.2, 0.25) is 0 Å². The molecule has 0 heterocycles. The standard InChI is InChI=1S/C12H16O5/c1-3-15-7-8-16-17-12(13)10-5-4-6-11(9-10)14-2/h4-6,9H,3,7-8H2,1-2H3. The maximum atomic E-state index is 11.5. The Balaban J connectivity index is 2.36. The monoisotopic (exact) mass is 240 g/mol. The predicted molar refractivity (Wildman–Crippen MR) is 60.9 cm³/mol. The summed E-state index contributed by atoms with van der Waals surface area (Å²) >= 11 is 0. The molecule has 0 aliphatic rings. The first-order valence-electron chi connectivity index (χ1n) is 5.33. The molecule has 1 aromatic carbocycles. The molecular weight excluding hydrogens is 224 g/mol. The molecule has 0 aliphatic carbocycles. The molecule has 1 aromatic rings. The number of rotatable bonds is 7. The average molecular weight is 240 g/mol. The van der Waals surface area contributed by atoms with Crippen molar-refractivity contribution in [2.24, 2.45) is 0 Å². The number of benzene rings is 1. The summed E-state index contributed by atoms with van der Waals surface area (Å²) < 4.78 is 10.0. The van der Waals surface area contributed by atoms with Crippen LogP contribution in [0.4, 0.5) is 0 Å². The minimum Gasteiger partial charge on any atom is -0.497 e. The van der Waals surface area contributed by atoms with Gasteiger partial charge < -0.3 is 9.47 Å². The molecule has 0 saturated carbocycles. The zero-order valence-electron chi connectivity index (χ0n) is 9.97. The molecule has 0 fully saturated rings. The lowest BCUT2D eigenvalue weighted by molar-refractivity contribution is -0.247. The molecule has 0 aliphatic heterocycles. The Bertz CT molecular complexity index is 351. The number of hydrogen-bond donors (Lipinski definition) is 0. The van der Waals surface area contributed by atoms with Crippen molar-refractivity contribution in [3.8, 4) is 5.75 Å². The molecule has 0 radical (unpaired) electrons. The third kappa shape index (κ3) is 4.84. The highest BCUT2D eigenvalue weighted by Crippen LogP contribution is 2.13. The van der Waals surface area contributed by atoms with Crippen molar-refractivity contribution in [1.82, 2.24) is 0 Å². The Morgan fingerprint density at radius 2 is 2.12 bits per heavy atom. The predicted octanol–water partition coefficient (Wildman–Crippen LogP) is 1.82. The van der Waals surface area contributed by atoms with E-state index in [1.54, 1.807) is 24.3 Å². The molecule has 0 aromatic heterocycles. The normalized spacial score (nSPS) is 10.0. The minimum atomic E-state index is -0.555. The van der Waals surface area contributed by atoms with Gasteiger partial charge in [0.05, 0.1) is 19.3 Å². The summed E-state index contributed by atoms with van der Waals surface area (Å²) in [5.41, 5.74) is 0.376. The second-order valence-electron chi connectivity index (χ2n) is 3.12. The average Bonchev–Trinajstić information content (AvgIpc) is 2.38. The molecule has 94 valence electrons. The summed E-state index contributed by atoms with van der Waals surface area (Å²) in [5, 5.41) is 0. The summed E-state index contributed by atoms with van der Waals surface area (Å²) in [6, 6.07) is 6.65. The van der Waals surface area contributed by atoms with Crippen molar-refractivity contribution in [3.63, 3.8) is 0 Å². The van der Waals surface area contributed by atoms with Crippen LogP contribution in [-0.4, -0.2) is 32.9 Å². The van der Waals surface area contributed by atoms with E-state index in [1.165, 1.54) is 7.11 Å². The van der Waals surface area contributed by atoms with Gasteiger partial charge in [0, 0.05) is 6.61 Å². The van der Waals surface area contributed by atoms with E-state index in [-0.39, 0.29) is 6.61 Å². The maximum Gasteiger partial charge on any atom is 0.373 e. The van der Waals surface area contributed by atoms with Crippen molar-refractivity contribution in [2.45, 2.75) is 6.92 Å². The fraction of sp³-hybridized carbons (Fsp3) is 0.417. The molecule has 0 unspecified atom stereocenters. The van der Waals surface area contributed by atoms with Gasteiger partial charge in [0.15, 0.2) is 0 Å². The number of hydrogen-bond acceptors (Lipinski definition) is 5. The summed E-state index contributed by atoms with van der Waals surface area (Å²) in [6.45, 7) is 3.08. The van der Waals surface area contributed by atoms with Crippen LogP contribution in [0.5, 0.6) is 5.75 Å². The molecule has 0 atom stereocenters. The topological polar surface area (TPSA) is 54.0 Å². The number of carbonyl (C=O) groups is 1. The third-order valence-corrected chi connectivity index (χ3v) is 1.96. The van der Waals surface area contributed by atoms with Crippen molar-refractivity contribution in [2.75, 3.05) is 26.9 Å². The molecule has 1 rings (SSSR count). The third-order valence-electron chi connectivity index (χ3n) is 1.96. The van der Waals surface area contributed by atoms with Crippen molar-refractivity contribution in [3.05, 3.63) is 29.8 Å². The highest BCUT2D eigenvalue weighted by atomic mass is 17.2. The molecule has 0 bridgehead atoms. The molecule has 0 saturated heterocycles. The largest absolute Gasteiger partial charge is 0.497 e. The van der Waals surface area contributed by atoms with Gasteiger partial charge in [-0.25, -0.2) is 4.79 Å². The summed E-state index contributed by atoms with van der Waals surface area (Å²) in [5.74, 6) is 0.0363. The zero-order chi connectivity index (χ0) is 12.5. The Labute approximate surface area is 100 Å². The Kier molecular flexibility index (Phi) is 6.06.